The van der Waals surface area contributed by atoms with E-state index in [0.717, 1.165) is 19.3 Å². The van der Waals surface area contributed by atoms with Crippen molar-refractivity contribution in [3.63, 3.8) is 0 Å². The van der Waals surface area contributed by atoms with Crippen LogP contribution in [-0.2, 0) is 19.1 Å². The number of esters is 1. The number of cyclic esters (lactones) is 1. The SMILES string of the molecule is C=C(C)C(=O)COC1C(=O)OCC2CCCCC21. The van der Waals surface area contributed by atoms with E-state index in [1.807, 2.05) is 0 Å². The highest BCUT2D eigenvalue weighted by Gasteiger charge is 2.42. The Hall–Kier alpha value is -1.16. The number of fused-ring (bicyclic) bond motifs is 1. The monoisotopic (exact) mass is 252 g/mol. The van der Waals surface area contributed by atoms with Gasteiger partial charge in [0.2, 0.25) is 0 Å². The molecule has 2 rings (SSSR count). The topological polar surface area (TPSA) is 52.6 Å². The van der Waals surface area contributed by atoms with Gasteiger partial charge in [-0.3, -0.25) is 4.79 Å². The lowest BCUT2D eigenvalue weighted by Gasteiger charge is -2.39. The molecule has 3 atom stereocenters. The quantitative estimate of drug-likeness (QED) is 0.566. The number of carbonyl (C=O) groups is 2. The fraction of sp³-hybridized carbons (Fsp3) is 0.714. The molecule has 1 aliphatic heterocycles. The van der Waals surface area contributed by atoms with E-state index in [0.29, 0.717) is 18.1 Å². The zero-order chi connectivity index (χ0) is 13.1. The van der Waals surface area contributed by atoms with Crippen molar-refractivity contribution in [2.24, 2.45) is 11.8 Å². The van der Waals surface area contributed by atoms with Crippen molar-refractivity contribution in [2.45, 2.75) is 38.7 Å². The van der Waals surface area contributed by atoms with Crippen LogP contribution >= 0.6 is 0 Å². The zero-order valence-electron chi connectivity index (χ0n) is 10.8. The number of hydrogen-bond donors (Lipinski definition) is 0. The average molecular weight is 252 g/mol. The molecule has 0 aromatic rings. The van der Waals surface area contributed by atoms with Crippen molar-refractivity contribution in [1.82, 2.24) is 0 Å². The van der Waals surface area contributed by atoms with Crippen LogP contribution in [0, 0.1) is 11.8 Å². The molecule has 1 saturated heterocycles. The normalized spacial score (nSPS) is 31.4. The molecule has 1 saturated carbocycles. The van der Waals surface area contributed by atoms with E-state index in [2.05, 4.69) is 6.58 Å². The van der Waals surface area contributed by atoms with Gasteiger partial charge in [-0.2, -0.15) is 0 Å². The molecule has 0 radical (unpaired) electrons. The highest BCUT2D eigenvalue weighted by atomic mass is 16.6. The second-order valence-corrected chi connectivity index (χ2v) is 5.27. The number of carbonyl (C=O) groups excluding carboxylic acids is 2. The minimum absolute atomic E-state index is 0.0711. The summed E-state index contributed by atoms with van der Waals surface area (Å²) in [4.78, 5) is 23.2. The Morgan fingerprint density at radius 1 is 1.44 bits per heavy atom. The first-order chi connectivity index (χ1) is 8.59. The van der Waals surface area contributed by atoms with Gasteiger partial charge in [-0.1, -0.05) is 19.4 Å². The van der Waals surface area contributed by atoms with Gasteiger partial charge in [-0.15, -0.1) is 0 Å². The molecule has 0 bridgehead atoms. The minimum Gasteiger partial charge on any atom is -0.463 e. The largest absolute Gasteiger partial charge is 0.463 e. The van der Waals surface area contributed by atoms with Gasteiger partial charge in [-0.05, 0) is 31.3 Å². The van der Waals surface area contributed by atoms with Gasteiger partial charge in [-0.25, -0.2) is 4.79 Å². The molecular formula is C14H20O4. The molecule has 3 unspecified atom stereocenters. The molecular weight excluding hydrogens is 232 g/mol. The number of hydrogen-bond acceptors (Lipinski definition) is 4. The van der Waals surface area contributed by atoms with Gasteiger partial charge in [0.1, 0.15) is 6.61 Å². The smallest absolute Gasteiger partial charge is 0.335 e. The molecule has 1 aliphatic carbocycles. The van der Waals surface area contributed by atoms with E-state index in [4.69, 9.17) is 9.47 Å². The van der Waals surface area contributed by atoms with Gasteiger partial charge in [0.05, 0.1) is 6.61 Å². The van der Waals surface area contributed by atoms with E-state index in [1.165, 1.54) is 6.42 Å². The molecule has 0 spiro atoms. The molecule has 0 amide bonds. The Kier molecular flexibility index (Phi) is 4.17. The molecule has 0 N–H and O–H groups in total. The van der Waals surface area contributed by atoms with Crippen LogP contribution in [0.3, 0.4) is 0 Å². The fourth-order valence-corrected chi connectivity index (χ4v) is 2.77. The first-order valence-corrected chi connectivity index (χ1v) is 6.56. The second-order valence-electron chi connectivity index (χ2n) is 5.27. The molecule has 18 heavy (non-hydrogen) atoms. The summed E-state index contributed by atoms with van der Waals surface area (Å²) in [6.45, 7) is 5.66. The van der Waals surface area contributed by atoms with E-state index in [1.54, 1.807) is 6.92 Å². The Morgan fingerprint density at radius 2 is 2.17 bits per heavy atom. The van der Waals surface area contributed by atoms with Crippen LogP contribution in [0.2, 0.25) is 0 Å². The summed E-state index contributed by atoms with van der Waals surface area (Å²) >= 11 is 0. The van der Waals surface area contributed by atoms with Crippen molar-refractivity contribution < 1.29 is 19.1 Å². The summed E-state index contributed by atoms with van der Waals surface area (Å²) in [5, 5.41) is 0. The van der Waals surface area contributed by atoms with Gasteiger partial charge in [0.15, 0.2) is 11.9 Å². The van der Waals surface area contributed by atoms with Crippen molar-refractivity contribution in [2.75, 3.05) is 13.2 Å². The lowest BCUT2D eigenvalue weighted by atomic mass is 9.75. The van der Waals surface area contributed by atoms with Crippen LogP contribution in [-0.4, -0.2) is 31.1 Å². The lowest BCUT2D eigenvalue weighted by molar-refractivity contribution is -0.178. The maximum atomic E-state index is 11.8. The first-order valence-electron chi connectivity index (χ1n) is 6.56. The van der Waals surface area contributed by atoms with Crippen LogP contribution in [0.25, 0.3) is 0 Å². The van der Waals surface area contributed by atoms with Crippen molar-refractivity contribution in [3.8, 4) is 0 Å². The van der Waals surface area contributed by atoms with Crippen LogP contribution in [0.4, 0.5) is 0 Å². The van der Waals surface area contributed by atoms with Crippen LogP contribution < -0.4 is 0 Å². The predicted molar refractivity (Wildman–Crippen MR) is 66.0 cm³/mol. The van der Waals surface area contributed by atoms with Crippen LogP contribution in [0.1, 0.15) is 32.6 Å². The van der Waals surface area contributed by atoms with Gasteiger partial charge < -0.3 is 9.47 Å². The van der Waals surface area contributed by atoms with Crippen molar-refractivity contribution in [1.29, 1.82) is 0 Å². The molecule has 0 aromatic carbocycles. The molecule has 100 valence electrons. The van der Waals surface area contributed by atoms with E-state index in [-0.39, 0.29) is 24.3 Å². The molecule has 4 heteroatoms. The molecule has 0 aromatic heterocycles. The summed E-state index contributed by atoms with van der Waals surface area (Å²) in [6.07, 6.45) is 3.84. The summed E-state index contributed by atoms with van der Waals surface area (Å²) < 4.78 is 10.7. The van der Waals surface area contributed by atoms with Crippen molar-refractivity contribution in [3.05, 3.63) is 12.2 Å². The summed E-state index contributed by atoms with van der Waals surface area (Å²) in [5.41, 5.74) is 0.458. The maximum absolute atomic E-state index is 11.8. The van der Waals surface area contributed by atoms with Crippen LogP contribution in [0.15, 0.2) is 12.2 Å². The highest BCUT2D eigenvalue weighted by molar-refractivity contribution is 5.95. The van der Waals surface area contributed by atoms with E-state index >= 15 is 0 Å². The Labute approximate surface area is 107 Å². The Bertz CT molecular complexity index is 361. The van der Waals surface area contributed by atoms with Gasteiger partial charge in [0, 0.05) is 5.92 Å². The Balaban J connectivity index is 1.97. The third-order valence-electron chi connectivity index (χ3n) is 3.90. The second kappa shape index (κ2) is 5.65. The van der Waals surface area contributed by atoms with Crippen LogP contribution in [0.5, 0.6) is 0 Å². The summed E-state index contributed by atoms with van der Waals surface area (Å²) in [7, 11) is 0. The third kappa shape index (κ3) is 2.80. The standard InChI is InChI=1S/C14H20O4/c1-9(2)12(15)8-17-13-11-6-4-3-5-10(11)7-18-14(13)16/h10-11,13H,1,3-8H2,2H3. The van der Waals surface area contributed by atoms with E-state index < -0.39 is 6.10 Å². The lowest BCUT2D eigenvalue weighted by Crippen LogP contribution is -2.46. The maximum Gasteiger partial charge on any atom is 0.335 e. The number of ether oxygens (including phenoxy) is 2. The summed E-state index contributed by atoms with van der Waals surface area (Å²) in [5.74, 6) is 0.160. The predicted octanol–water partition coefficient (Wildman–Crippen LogP) is 1.88. The number of Topliss-reactive ketones (excluding diaryl/α,β-unsaturated/α-hetero) is 1. The average Bonchev–Trinajstić information content (AvgIpc) is 2.37. The van der Waals surface area contributed by atoms with E-state index in [9.17, 15) is 9.59 Å². The molecule has 2 aliphatic rings. The molecule has 2 fully saturated rings. The highest BCUT2D eigenvalue weighted by Crippen LogP contribution is 2.37. The fourth-order valence-electron chi connectivity index (χ4n) is 2.77. The molecule has 1 heterocycles. The number of ketones is 1. The molecule has 4 nitrogen and oxygen atoms in total. The third-order valence-corrected chi connectivity index (χ3v) is 3.90. The minimum atomic E-state index is -0.563. The van der Waals surface area contributed by atoms with Gasteiger partial charge >= 0.3 is 5.97 Å². The Morgan fingerprint density at radius 3 is 2.89 bits per heavy atom. The summed E-state index contributed by atoms with van der Waals surface area (Å²) in [6, 6.07) is 0. The van der Waals surface area contributed by atoms with Gasteiger partial charge in [0.25, 0.3) is 0 Å². The first kappa shape index (κ1) is 13.3. The van der Waals surface area contributed by atoms with Crippen molar-refractivity contribution >= 4 is 11.8 Å². The zero-order valence-corrected chi connectivity index (χ0v) is 10.8. The number of rotatable bonds is 4.